The van der Waals surface area contributed by atoms with Gasteiger partial charge in [-0.1, -0.05) is 20.8 Å². The molecule has 1 atom stereocenters. The van der Waals surface area contributed by atoms with Gasteiger partial charge >= 0.3 is 0 Å². The van der Waals surface area contributed by atoms with Crippen molar-refractivity contribution in [1.29, 1.82) is 0 Å². The van der Waals surface area contributed by atoms with Crippen molar-refractivity contribution < 1.29 is 0 Å². The lowest BCUT2D eigenvalue weighted by Gasteiger charge is -2.30. The highest BCUT2D eigenvalue weighted by atomic mass is 15.1. The van der Waals surface area contributed by atoms with Gasteiger partial charge in [-0.15, -0.1) is 0 Å². The second-order valence-electron chi connectivity index (χ2n) is 6.51. The molecule has 3 rings (SSSR count). The van der Waals surface area contributed by atoms with E-state index in [4.69, 9.17) is 4.98 Å². The number of hydrogen-bond acceptors (Lipinski definition) is 1. The molecule has 2 aliphatic rings. The molecule has 1 unspecified atom stereocenters. The van der Waals surface area contributed by atoms with E-state index in [9.17, 15) is 0 Å². The maximum atomic E-state index is 4.87. The summed E-state index contributed by atoms with van der Waals surface area (Å²) in [6, 6.07) is 0. The molecule has 0 bridgehead atoms. The summed E-state index contributed by atoms with van der Waals surface area (Å²) in [5, 5.41) is 0. The molecule has 1 aromatic rings. The Hall–Kier alpha value is -0.790. The molecule has 0 aromatic carbocycles. The molecule has 0 N–H and O–H groups in total. The fraction of sp³-hybridized carbons (Fsp3) is 0.786. The quantitative estimate of drug-likeness (QED) is 0.654. The zero-order valence-corrected chi connectivity index (χ0v) is 10.7. The topological polar surface area (TPSA) is 17.8 Å². The van der Waals surface area contributed by atoms with Crippen molar-refractivity contribution in [3.05, 3.63) is 17.2 Å². The second kappa shape index (κ2) is 3.35. The normalized spacial score (nSPS) is 27.3. The van der Waals surface area contributed by atoms with Gasteiger partial charge in [-0.2, -0.15) is 0 Å². The number of aromatic nitrogens is 2. The third-order valence-corrected chi connectivity index (χ3v) is 4.30. The van der Waals surface area contributed by atoms with Crippen LogP contribution in [-0.4, -0.2) is 9.55 Å². The summed E-state index contributed by atoms with van der Waals surface area (Å²) >= 11 is 0. The summed E-state index contributed by atoms with van der Waals surface area (Å²) in [5.74, 6) is 2.19. The van der Waals surface area contributed by atoms with E-state index < -0.39 is 0 Å². The molecule has 88 valence electrons. The van der Waals surface area contributed by atoms with E-state index in [0.717, 1.165) is 5.92 Å². The number of rotatable bonds is 0. The Morgan fingerprint density at radius 1 is 1.38 bits per heavy atom. The van der Waals surface area contributed by atoms with Gasteiger partial charge in [-0.3, -0.25) is 0 Å². The van der Waals surface area contributed by atoms with Crippen molar-refractivity contribution >= 4 is 0 Å². The third-order valence-electron chi connectivity index (χ3n) is 4.30. The molecule has 0 amide bonds. The van der Waals surface area contributed by atoms with Crippen LogP contribution < -0.4 is 0 Å². The number of hydrogen-bond donors (Lipinski definition) is 0. The Balaban J connectivity index is 2.01. The highest BCUT2D eigenvalue weighted by molar-refractivity contribution is 5.23. The van der Waals surface area contributed by atoms with Crippen LogP contribution in [0.4, 0.5) is 0 Å². The summed E-state index contributed by atoms with van der Waals surface area (Å²) in [5.41, 5.74) is 3.44. The molecule has 0 saturated carbocycles. The number of nitrogens with zero attached hydrogens (tertiary/aromatic N) is 2. The van der Waals surface area contributed by atoms with Crippen LogP contribution in [0.15, 0.2) is 0 Å². The van der Waals surface area contributed by atoms with Crippen LogP contribution in [0, 0.1) is 11.3 Å². The van der Waals surface area contributed by atoms with Crippen molar-refractivity contribution in [3.8, 4) is 0 Å². The molecule has 0 spiro atoms. The molecule has 1 aliphatic heterocycles. The predicted molar refractivity (Wildman–Crippen MR) is 65.5 cm³/mol. The maximum Gasteiger partial charge on any atom is 0.109 e. The molecule has 2 heteroatoms. The molecular formula is C14H22N2. The van der Waals surface area contributed by atoms with Crippen LogP contribution >= 0.6 is 0 Å². The van der Waals surface area contributed by atoms with Gasteiger partial charge in [0.1, 0.15) is 5.82 Å². The van der Waals surface area contributed by atoms with E-state index in [-0.39, 0.29) is 0 Å². The lowest BCUT2D eigenvalue weighted by Crippen LogP contribution is -2.25. The van der Waals surface area contributed by atoms with Gasteiger partial charge in [0.05, 0.1) is 5.69 Å². The first-order chi connectivity index (χ1) is 7.55. The van der Waals surface area contributed by atoms with Crippen molar-refractivity contribution in [2.24, 2.45) is 11.3 Å². The van der Waals surface area contributed by atoms with Crippen molar-refractivity contribution in [2.45, 2.75) is 59.4 Å². The first kappa shape index (κ1) is 10.4. The molecule has 16 heavy (non-hydrogen) atoms. The largest absolute Gasteiger partial charge is 0.332 e. The first-order valence-electron chi connectivity index (χ1n) is 6.62. The highest BCUT2D eigenvalue weighted by Crippen LogP contribution is 2.36. The molecule has 2 heterocycles. The van der Waals surface area contributed by atoms with Crippen LogP contribution in [0.5, 0.6) is 0 Å². The minimum atomic E-state index is 0.479. The molecular weight excluding hydrogens is 196 g/mol. The van der Waals surface area contributed by atoms with E-state index in [0.29, 0.717) is 5.41 Å². The predicted octanol–water partition coefficient (Wildman–Crippen LogP) is 2.98. The Kier molecular flexibility index (Phi) is 2.17. The zero-order valence-electron chi connectivity index (χ0n) is 10.7. The molecule has 1 aromatic heterocycles. The van der Waals surface area contributed by atoms with Crippen LogP contribution in [0.1, 0.15) is 50.8 Å². The number of imidazole rings is 1. The summed E-state index contributed by atoms with van der Waals surface area (Å²) in [4.78, 5) is 4.87. The average Bonchev–Trinajstić information content (AvgIpc) is 2.53. The minimum absolute atomic E-state index is 0.479. The van der Waals surface area contributed by atoms with Crippen molar-refractivity contribution in [3.63, 3.8) is 0 Å². The molecule has 0 radical (unpaired) electrons. The fourth-order valence-corrected chi connectivity index (χ4v) is 3.17. The van der Waals surface area contributed by atoms with Crippen molar-refractivity contribution in [1.82, 2.24) is 9.55 Å². The van der Waals surface area contributed by atoms with Crippen LogP contribution in [0.3, 0.4) is 0 Å². The smallest absolute Gasteiger partial charge is 0.109 e. The monoisotopic (exact) mass is 218 g/mol. The standard InChI is InChI=1S/C14H22N2/c1-10-5-7-16-12-9-14(2,3)6-4-11(12)15-13(16)8-10/h10H,4-9H2,1-3H3. The van der Waals surface area contributed by atoms with Crippen LogP contribution in [-0.2, 0) is 25.8 Å². The zero-order chi connectivity index (χ0) is 11.3. The van der Waals surface area contributed by atoms with Gasteiger partial charge in [0.25, 0.3) is 0 Å². The second-order valence-corrected chi connectivity index (χ2v) is 6.51. The third kappa shape index (κ3) is 1.59. The van der Waals surface area contributed by atoms with Gasteiger partial charge in [-0.05, 0) is 37.0 Å². The van der Waals surface area contributed by atoms with E-state index in [2.05, 4.69) is 25.3 Å². The van der Waals surface area contributed by atoms with E-state index in [1.165, 1.54) is 50.2 Å². The molecule has 2 nitrogen and oxygen atoms in total. The van der Waals surface area contributed by atoms with E-state index >= 15 is 0 Å². The van der Waals surface area contributed by atoms with Gasteiger partial charge in [0.2, 0.25) is 0 Å². The van der Waals surface area contributed by atoms with Gasteiger partial charge < -0.3 is 4.57 Å². The molecule has 0 fully saturated rings. The molecule has 0 saturated heterocycles. The van der Waals surface area contributed by atoms with E-state index in [1.54, 1.807) is 5.69 Å². The highest BCUT2D eigenvalue weighted by Gasteiger charge is 2.31. The Morgan fingerprint density at radius 2 is 2.19 bits per heavy atom. The Labute approximate surface area is 98.1 Å². The summed E-state index contributed by atoms with van der Waals surface area (Å²) in [6.07, 6.45) is 6.23. The van der Waals surface area contributed by atoms with Crippen molar-refractivity contribution in [2.75, 3.05) is 0 Å². The lowest BCUT2D eigenvalue weighted by molar-refractivity contribution is 0.299. The van der Waals surface area contributed by atoms with Crippen LogP contribution in [0.2, 0.25) is 0 Å². The van der Waals surface area contributed by atoms with Gasteiger partial charge in [-0.25, -0.2) is 4.98 Å². The maximum absolute atomic E-state index is 4.87. The number of fused-ring (bicyclic) bond motifs is 3. The Morgan fingerprint density at radius 3 is 3.00 bits per heavy atom. The minimum Gasteiger partial charge on any atom is -0.332 e. The van der Waals surface area contributed by atoms with E-state index in [1.807, 2.05) is 0 Å². The summed E-state index contributed by atoms with van der Waals surface area (Å²) in [6.45, 7) is 8.33. The lowest BCUT2D eigenvalue weighted by atomic mass is 9.78. The Bertz CT molecular complexity index is 415. The number of aryl methyl sites for hydroxylation is 1. The van der Waals surface area contributed by atoms with Gasteiger partial charge in [0, 0.05) is 18.7 Å². The SMILES string of the molecule is CC1CCn2c(nc3c2CC(C)(C)CC3)C1. The average molecular weight is 218 g/mol. The first-order valence-corrected chi connectivity index (χ1v) is 6.62. The summed E-state index contributed by atoms with van der Waals surface area (Å²) in [7, 11) is 0. The van der Waals surface area contributed by atoms with Gasteiger partial charge in [0.15, 0.2) is 0 Å². The van der Waals surface area contributed by atoms with Crippen LogP contribution in [0.25, 0.3) is 0 Å². The molecule has 1 aliphatic carbocycles. The summed E-state index contributed by atoms with van der Waals surface area (Å²) < 4.78 is 2.52. The fourth-order valence-electron chi connectivity index (χ4n) is 3.17.